The summed E-state index contributed by atoms with van der Waals surface area (Å²) in [5.41, 5.74) is 10.2. The number of H-pyrrole nitrogens is 1. The zero-order chi connectivity index (χ0) is 28.4. The van der Waals surface area contributed by atoms with Crippen molar-refractivity contribution in [2.45, 2.75) is 64.0 Å². The van der Waals surface area contributed by atoms with Gasteiger partial charge in [-0.3, -0.25) is 19.0 Å². The Hall–Kier alpha value is -3.75. The van der Waals surface area contributed by atoms with Crippen molar-refractivity contribution < 1.29 is 4.79 Å². The van der Waals surface area contributed by atoms with Gasteiger partial charge in [0.2, 0.25) is 5.78 Å². The fourth-order valence-corrected chi connectivity index (χ4v) is 6.88. The molecule has 41 heavy (non-hydrogen) atoms. The van der Waals surface area contributed by atoms with Crippen molar-refractivity contribution in [1.82, 2.24) is 25.0 Å². The summed E-state index contributed by atoms with van der Waals surface area (Å²) in [5.74, 6) is 1.99. The van der Waals surface area contributed by atoms with Crippen LogP contribution in [0.2, 0.25) is 0 Å². The van der Waals surface area contributed by atoms with E-state index in [1.807, 2.05) is 65.3 Å². The van der Waals surface area contributed by atoms with Crippen LogP contribution in [0, 0.1) is 11.8 Å². The van der Waals surface area contributed by atoms with E-state index in [0.717, 1.165) is 73.0 Å². The predicted molar refractivity (Wildman–Crippen MR) is 163 cm³/mol. The number of fused-ring (bicyclic) bond motifs is 3. The molecule has 2 aliphatic carbocycles. The Kier molecular flexibility index (Phi) is 7.77. The molecule has 5 N–H and O–H groups in total. The van der Waals surface area contributed by atoms with Crippen molar-refractivity contribution in [2.24, 2.45) is 17.6 Å². The number of nitrogens with two attached hydrogens (primary N) is 1. The van der Waals surface area contributed by atoms with Crippen LogP contribution in [0.15, 0.2) is 65.7 Å². The second-order valence-corrected chi connectivity index (χ2v) is 12.0. The molecule has 2 aromatic carbocycles. The molecule has 2 saturated carbocycles. The number of imidazole rings is 1. The van der Waals surface area contributed by atoms with Gasteiger partial charge in [0.1, 0.15) is 0 Å². The molecule has 0 radical (unpaired) electrons. The summed E-state index contributed by atoms with van der Waals surface area (Å²) < 4.78 is 1.84. The van der Waals surface area contributed by atoms with E-state index < -0.39 is 0 Å². The molecule has 4 aromatic rings. The van der Waals surface area contributed by atoms with Crippen LogP contribution >= 0.6 is 0 Å². The Balaban J connectivity index is 1.16. The van der Waals surface area contributed by atoms with Gasteiger partial charge in [-0.25, -0.2) is 4.98 Å². The van der Waals surface area contributed by atoms with Crippen molar-refractivity contribution in [3.8, 4) is 22.4 Å². The summed E-state index contributed by atoms with van der Waals surface area (Å²) in [4.78, 5) is 33.7. The highest BCUT2D eigenvalue weighted by atomic mass is 16.2. The van der Waals surface area contributed by atoms with E-state index in [0.29, 0.717) is 23.4 Å². The second-order valence-electron chi connectivity index (χ2n) is 12.0. The maximum atomic E-state index is 13.2. The molecule has 2 aromatic heterocycles. The van der Waals surface area contributed by atoms with Gasteiger partial charge in [0.15, 0.2) is 0 Å². The summed E-state index contributed by atoms with van der Waals surface area (Å²) in [6.07, 6.45) is 11.8. The summed E-state index contributed by atoms with van der Waals surface area (Å²) in [6, 6.07) is 15.6. The van der Waals surface area contributed by atoms with Crippen LogP contribution in [-0.4, -0.2) is 38.9 Å². The molecule has 2 atom stereocenters. The minimum atomic E-state index is -0.184. The largest absolute Gasteiger partial charge is 0.347 e. The third kappa shape index (κ3) is 5.85. The number of carbonyl (C=O) groups is 1. The topological polar surface area (TPSA) is 117 Å². The van der Waals surface area contributed by atoms with Crippen LogP contribution in [0.25, 0.3) is 28.2 Å². The standard InChI is InChI=1S/C33H40N6O2/c1-2-33(17-23-4-5-24(16-23)18-33)38-30(40)27-12-10-26(11-13-27)29-21-39-20-28(31(41)37-32(39)36-29)25-8-6-22(7-9-25)19-35-15-3-14-34/h6-13,20-21,23-24,35H,2-5,14-19,34H2,1H3,(H,38,40)(H,36,37,41). The van der Waals surface area contributed by atoms with Gasteiger partial charge in [0.25, 0.3) is 11.5 Å². The number of carbonyl (C=O) groups excluding carboxylic acids is 1. The molecule has 0 spiro atoms. The third-order valence-electron chi connectivity index (χ3n) is 9.13. The van der Waals surface area contributed by atoms with Gasteiger partial charge in [-0.05, 0) is 80.3 Å². The average molecular weight is 553 g/mol. The Morgan fingerprint density at radius 2 is 1.76 bits per heavy atom. The number of aromatic nitrogens is 3. The fourth-order valence-electron chi connectivity index (χ4n) is 6.88. The van der Waals surface area contributed by atoms with Crippen LogP contribution in [0.4, 0.5) is 0 Å². The van der Waals surface area contributed by atoms with Crippen molar-refractivity contribution in [3.05, 3.63) is 82.4 Å². The van der Waals surface area contributed by atoms with E-state index in [1.54, 1.807) is 0 Å². The SMILES string of the molecule is CCC1(NC(=O)c2ccc(-c3cn4cc(-c5ccc(CNCCCN)cc5)c(=O)[nH]c4n3)cc2)CC2CCC(C2)C1. The molecule has 8 nitrogen and oxygen atoms in total. The normalized spacial score (nSPS) is 21.8. The molecule has 2 fully saturated rings. The molecule has 2 aliphatic rings. The average Bonchev–Trinajstić information content (AvgIpc) is 3.57. The third-order valence-corrected chi connectivity index (χ3v) is 9.13. The van der Waals surface area contributed by atoms with Crippen molar-refractivity contribution >= 4 is 11.7 Å². The van der Waals surface area contributed by atoms with E-state index in [-0.39, 0.29) is 17.0 Å². The highest BCUT2D eigenvalue weighted by Gasteiger charge is 2.43. The van der Waals surface area contributed by atoms with E-state index >= 15 is 0 Å². The minimum absolute atomic E-state index is 0.000956. The Labute approximate surface area is 240 Å². The first-order valence-corrected chi connectivity index (χ1v) is 15.0. The van der Waals surface area contributed by atoms with E-state index in [9.17, 15) is 9.59 Å². The fraction of sp³-hybridized carbons (Fsp3) is 0.424. The summed E-state index contributed by atoms with van der Waals surface area (Å²) in [5, 5.41) is 6.79. The second kappa shape index (κ2) is 11.6. The van der Waals surface area contributed by atoms with Crippen LogP contribution < -0.4 is 21.9 Å². The Morgan fingerprint density at radius 1 is 1.05 bits per heavy atom. The first-order chi connectivity index (χ1) is 19.9. The molecule has 2 bridgehead atoms. The van der Waals surface area contributed by atoms with Gasteiger partial charge < -0.3 is 16.4 Å². The van der Waals surface area contributed by atoms with Gasteiger partial charge in [-0.2, -0.15) is 0 Å². The molecule has 6 rings (SSSR count). The van der Waals surface area contributed by atoms with Gasteiger partial charge in [0.05, 0.1) is 11.3 Å². The first-order valence-electron chi connectivity index (χ1n) is 15.0. The highest BCUT2D eigenvalue weighted by Crippen LogP contribution is 2.47. The number of nitrogens with zero attached hydrogens (tertiary/aromatic N) is 2. The molecular formula is C33H40N6O2. The van der Waals surface area contributed by atoms with E-state index in [2.05, 4.69) is 27.5 Å². The number of benzene rings is 2. The Morgan fingerprint density at radius 3 is 2.44 bits per heavy atom. The molecule has 8 heteroatoms. The molecule has 1 amide bonds. The first kappa shape index (κ1) is 27.4. The van der Waals surface area contributed by atoms with Gasteiger partial charge in [-0.15, -0.1) is 0 Å². The molecule has 2 unspecified atom stereocenters. The predicted octanol–water partition coefficient (Wildman–Crippen LogP) is 4.88. The Bertz CT molecular complexity index is 1560. The number of aromatic amines is 1. The van der Waals surface area contributed by atoms with E-state index in [4.69, 9.17) is 5.73 Å². The van der Waals surface area contributed by atoms with Crippen LogP contribution in [0.5, 0.6) is 0 Å². The highest BCUT2D eigenvalue weighted by molar-refractivity contribution is 5.95. The smallest absolute Gasteiger partial charge is 0.260 e. The quantitative estimate of drug-likeness (QED) is 0.209. The monoisotopic (exact) mass is 552 g/mol. The molecule has 214 valence electrons. The summed E-state index contributed by atoms with van der Waals surface area (Å²) in [6.45, 7) is 4.52. The van der Waals surface area contributed by atoms with Gasteiger partial charge in [0, 0.05) is 35.6 Å². The van der Waals surface area contributed by atoms with Crippen molar-refractivity contribution in [3.63, 3.8) is 0 Å². The van der Waals surface area contributed by atoms with Crippen molar-refractivity contribution in [1.29, 1.82) is 0 Å². The lowest BCUT2D eigenvalue weighted by molar-refractivity contribution is 0.0826. The van der Waals surface area contributed by atoms with E-state index in [1.165, 1.54) is 19.3 Å². The molecular weight excluding hydrogens is 512 g/mol. The van der Waals surface area contributed by atoms with Gasteiger partial charge >= 0.3 is 0 Å². The number of nitrogens with one attached hydrogen (secondary N) is 3. The lowest BCUT2D eigenvalue weighted by Gasteiger charge is -2.41. The lowest BCUT2D eigenvalue weighted by Crippen LogP contribution is -2.51. The lowest BCUT2D eigenvalue weighted by atomic mass is 9.73. The maximum absolute atomic E-state index is 13.2. The molecule has 0 saturated heterocycles. The van der Waals surface area contributed by atoms with Crippen LogP contribution in [0.1, 0.15) is 67.8 Å². The zero-order valence-corrected chi connectivity index (χ0v) is 23.8. The number of rotatable bonds is 10. The number of hydrogen-bond acceptors (Lipinski definition) is 5. The minimum Gasteiger partial charge on any atom is -0.347 e. The number of hydrogen-bond donors (Lipinski definition) is 4. The summed E-state index contributed by atoms with van der Waals surface area (Å²) in [7, 11) is 0. The number of amides is 1. The maximum Gasteiger partial charge on any atom is 0.260 e. The van der Waals surface area contributed by atoms with Crippen molar-refractivity contribution in [2.75, 3.05) is 13.1 Å². The van der Waals surface area contributed by atoms with Gasteiger partial charge in [-0.1, -0.05) is 56.2 Å². The summed E-state index contributed by atoms with van der Waals surface area (Å²) >= 11 is 0. The molecule has 2 heterocycles. The molecule has 0 aliphatic heterocycles. The zero-order valence-electron chi connectivity index (χ0n) is 23.8. The van der Waals surface area contributed by atoms with Crippen LogP contribution in [-0.2, 0) is 6.54 Å². The van der Waals surface area contributed by atoms with Crippen LogP contribution in [0.3, 0.4) is 0 Å².